The molecular weight excluding hydrogens is 392 g/mol. The van der Waals surface area contributed by atoms with Crippen LogP contribution in [0.15, 0.2) is 12.4 Å². The fourth-order valence-electron chi connectivity index (χ4n) is 4.30. The van der Waals surface area contributed by atoms with Crippen molar-refractivity contribution in [2.24, 2.45) is 5.92 Å². The second-order valence-electron chi connectivity index (χ2n) is 8.90. The van der Waals surface area contributed by atoms with Crippen LogP contribution in [0, 0.1) is 19.8 Å². The van der Waals surface area contributed by atoms with E-state index in [1.165, 1.54) is 6.20 Å². The first-order chi connectivity index (χ1) is 14.8. The van der Waals surface area contributed by atoms with E-state index >= 15 is 0 Å². The Hall–Kier alpha value is -2.90. The maximum Gasteiger partial charge on any atom is 0.274 e. The Morgan fingerprint density at radius 1 is 1.16 bits per heavy atom. The van der Waals surface area contributed by atoms with E-state index in [9.17, 15) is 9.59 Å². The second-order valence-corrected chi connectivity index (χ2v) is 8.90. The molecule has 2 aromatic heterocycles. The predicted octanol–water partition coefficient (Wildman–Crippen LogP) is 3.19. The smallest absolute Gasteiger partial charge is 0.274 e. The van der Waals surface area contributed by atoms with Crippen LogP contribution in [0.2, 0.25) is 0 Å². The second kappa shape index (κ2) is 8.69. The van der Waals surface area contributed by atoms with E-state index in [2.05, 4.69) is 23.8 Å². The van der Waals surface area contributed by atoms with Crippen molar-refractivity contribution in [2.75, 3.05) is 18.0 Å². The molecule has 1 atom stereocenters. The third-order valence-electron chi connectivity index (χ3n) is 6.10. The molecule has 2 aliphatic heterocycles. The van der Waals surface area contributed by atoms with Crippen LogP contribution < -0.4 is 4.90 Å². The topological polar surface area (TPSA) is 92.2 Å². The van der Waals surface area contributed by atoms with Crippen LogP contribution in [0.5, 0.6) is 0 Å². The fraction of sp³-hybridized carbons (Fsp3) is 0.565. The minimum Gasteiger partial charge on any atom is -0.327 e. The molecule has 4 heterocycles. The van der Waals surface area contributed by atoms with E-state index in [0.717, 1.165) is 42.0 Å². The van der Waals surface area contributed by atoms with Crippen molar-refractivity contribution in [3.05, 3.63) is 40.9 Å². The molecule has 0 spiro atoms. The van der Waals surface area contributed by atoms with E-state index in [1.807, 2.05) is 18.7 Å². The van der Waals surface area contributed by atoms with Gasteiger partial charge in [0.1, 0.15) is 11.5 Å². The van der Waals surface area contributed by atoms with Gasteiger partial charge in [-0.05, 0) is 45.4 Å². The van der Waals surface area contributed by atoms with E-state index in [-0.39, 0.29) is 17.9 Å². The van der Waals surface area contributed by atoms with Gasteiger partial charge in [-0.1, -0.05) is 13.8 Å². The lowest BCUT2D eigenvalue weighted by atomic mass is 10.0. The summed E-state index contributed by atoms with van der Waals surface area (Å²) in [4.78, 5) is 47.5. The summed E-state index contributed by atoms with van der Waals surface area (Å²) in [6.45, 7) is 9.42. The molecule has 0 unspecified atom stereocenters. The predicted molar refractivity (Wildman–Crippen MR) is 117 cm³/mol. The molecular formula is C23H30N6O2. The normalized spacial score (nSPS) is 18.6. The number of likely N-dealkylation sites (tertiary alicyclic amines) is 1. The molecule has 8 nitrogen and oxygen atoms in total. The molecule has 1 saturated heterocycles. The zero-order valence-electron chi connectivity index (χ0n) is 18.8. The van der Waals surface area contributed by atoms with Crippen LogP contribution in [0.3, 0.4) is 0 Å². The van der Waals surface area contributed by atoms with Gasteiger partial charge in [-0.2, -0.15) is 0 Å². The maximum absolute atomic E-state index is 13.1. The highest BCUT2D eigenvalue weighted by Gasteiger charge is 2.35. The van der Waals surface area contributed by atoms with Gasteiger partial charge in [-0.25, -0.2) is 15.0 Å². The van der Waals surface area contributed by atoms with Gasteiger partial charge in [0.05, 0.1) is 17.9 Å². The summed E-state index contributed by atoms with van der Waals surface area (Å²) in [5.74, 6) is 1.81. The number of aromatic nitrogens is 4. The highest BCUT2D eigenvalue weighted by Crippen LogP contribution is 2.35. The van der Waals surface area contributed by atoms with Crippen molar-refractivity contribution in [1.29, 1.82) is 0 Å². The Morgan fingerprint density at radius 2 is 1.97 bits per heavy atom. The van der Waals surface area contributed by atoms with Crippen molar-refractivity contribution in [3.63, 3.8) is 0 Å². The lowest BCUT2D eigenvalue weighted by Crippen LogP contribution is -2.39. The first-order valence-electron chi connectivity index (χ1n) is 11.1. The minimum atomic E-state index is -0.219. The summed E-state index contributed by atoms with van der Waals surface area (Å²) in [6, 6.07) is -0.219. The maximum atomic E-state index is 13.1. The van der Waals surface area contributed by atoms with Gasteiger partial charge in [-0.3, -0.25) is 19.5 Å². The van der Waals surface area contributed by atoms with Crippen molar-refractivity contribution in [1.82, 2.24) is 24.8 Å². The minimum absolute atomic E-state index is 0.117. The molecule has 1 fully saturated rings. The molecule has 0 N–H and O–H groups in total. The standard InChI is InChI=1S/C23H30N6O2/c1-14(2)9-11-29-20(30)8-7-17-16(4)26-21(27-22(17)29)19-6-5-10-28(19)23(31)18-13-24-15(3)12-25-18/h12-14,19H,5-11H2,1-4H3/t19-/m1/s1. The molecule has 31 heavy (non-hydrogen) atoms. The lowest BCUT2D eigenvalue weighted by Gasteiger charge is -2.31. The highest BCUT2D eigenvalue weighted by molar-refractivity contribution is 5.95. The van der Waals surface area contributed by atoms with Gasteiger partial charge in [-0.15, -0.1) is 0 Å². The number of hydrogen-bond donors (Lipinski definition) is 0. The fourth-order valence-corrected chi connectivity index (χ4v) is 4.30. The Bertz CT molecular complexity index is 988. The number of amides is 2. The first-order valence-corrected chi connectivity index (χ1v) is 11.1. The summed E-state index contributed by atoms with van der Waals surface area (Å²) in [6.07, 6.45) is 6.89. The summed E-state index contributed by atoms with van der Waals surface area (Å²) in [5, 5.41) is 0. The molecule has 0 bridgehead atoms. The lowest BCUT2D eigenvalue weighted by molar-refractivity contribution is -0.119. The van der Waals surface area contributed by atoms with Crippen molar-refractivity contribution >= 4 is 17.6 Å². The molecule has 4 rings (SSSR count). The molecule has 0 aliphatic carbocycles. The average Bonchev–Trinajstić information content (AvgIpc) is 3.22. The monoisotopic (exact) mass is 422 g/mol. The third-order valence-corrected chi connectivity index (χ3v) is 6.10. The summed E-state index contributed by atoms with van der Waals surface area (Å²) >= 11 is 0. The quantitative estimate of drug-likeness (QED) is 0.735. The van der Waals surface area contributed by atoms with Crippen LogP contribution in [-0.4, -0.2) is 49.7 Å². The number of carbonyl (C=O) groups is 2. The van der Waals surface area contributed by atoms with Crippen molar-refractivity contribution in [3.8, 4) is 0 Å². The van der Waals surface area contributed by atoms with E-state index in [1.54, 1.807) is 11.1 Å². The average molecular weight is 423 g/mol. The number of fused-ring (bicyclic) bond motifs is 1. The molecule has 2 aliphatic rings. The van der Waals surface area contributed by atoms with Gasteiger partial charge in [0.15, 0.2) is 5.82 Å². The number of rotatable bonds is 5. The van der Waals surface area contributed by atoms with E-state index < -0.39 is 0 Å². The molecule has 2 amide bonds. The van der Waals surface area contributed by atoms with Gasteiger partial charge < -0.3 is 4.90 Å². The van der Waals surface area contributed by atoms with Crippen LogP contribution in [0.1, 0.15) is 78.8 Å². The van der Waals surface area contributed by atoms with Crippen LogP contribution in [-0.2, 0) is 11.2 Å². The Kier molecular flexibility index (Phi) is 5.98. The number of aryl methyl sites for hydroxylation is 2. The Balaban J connectivity index is 1.66. The molecule has 0 radical (unpaired) electrons. The number of hydrogen-bond acceptors (Lipinski definition) is 6. The summed E-state index contributed by atoms with van der Waals surface area (Å²) in [7, 11) is 0. The van der Waals surface area contributed by atoms with Crippen LogP contribution in [0.4, 0.5) is 5.82 Å². The Morgan fingerprint density at radius 3 is 2.68 bits per heavy atom. The third kappa shape index (κ3) is 4.29. The summed E-state index contributed by atoms with van der Waals surface area (Å²) in [5.41, 5.74) is 3.05. The summed E-state index contributed by atoms with van der Waals surface area (Å²) < 4.78 is 0. The van der Waals surface area contributed by atoms with Crippen LogP contribution >= 0.6 is 0 Å². The van der Waals surface area contributed by atoms with Crippen LogP contribution in [0.25, 0.3) is 0 Å². The Labute approximate surface area is 183 Å². The SMILES string of the molecule is Cc1cnc(C(=O)N2CCC[C@@H]2c2nc(C)c3c(n2)N(CCC(C)C)C(=O)CC3)cn1. The molecule has 0 saturated carbocycles. The first kappa shape index (κ1) is 21.3. The van der Waals surface area contributed by atoms with Gasteiger partial charge >= 0.3 is 0 Å². The number of nitrogens with zero attached hydrogens (tertiary/aromatic N) is 6. The van der Waals surface area contributed by atoms with Gasteiger partial charge in [0, 0.05) is 37.0 Å². The van der Waals surface area contributed by atoms with E-state index in [4.69, 9.17) is 9.97 Å². The molecule has 2 aromatic rings. The molecule has 8 heteroatoms. The van der Waals surface area contributed by atoms with E-state index in [0.29, 0.717) is 43.4 Å². The largest absolute Gasteiger partial charge is 0.327 e. The van der Waals surface area contributed by atoms with Crippen molar-refractivity contribution in [2.45, 2.75) is 65.8 Å². The van der Waals surface area contributed by atoms with Gasteiger partial charge in [0.25, 0.3) is 5.91 Å². The zero-order chi connectivity index (χ0) is 22.1. The molecule has 164 valence electrons. The zero-order valence-corrected chi connectivity index (χ0v) is 18.8. The van der Waals surface area contributed by atoms with Crippen molar-refractivity contribution < 1.29 is 9.59 Å². The number of anilines is 1. The van der Waals surface area contributed by atoms with Gasteiger partial charge in [0.2, 0.25) is 5.91 Å². The molecule has 0 aromatic carbocycles. The number of carbonyl (C=O) groups excluding carboxylic acids is 2. The highest BCUT2D eigenvalue weighted by atomic mass is 16.2.